The first kappa shape index (κ1) is 19.3. The van der Waals surface area contributed by atoms with E-state index in [0.717, 1.165) is 18.7 Å². The van der Waals surface area contributed by atoms with E-state index in [4.69, 9.17) is 0 Å². The van der Waals surface area contributed by atoms with Crippen molar-refractivity contribution in [1.29, 1.82) is 0 Å². The Morgan fingerprint density at radius 3 is 2.31 bits per heavy atom. The van der Waals surface area contributed by atoms with E-state index < -0.39 is 10.0 Å². The van der Waals surface area contributed by atoms with Crippen molar-refractivity contribution >= 4 is 15.9 Å². The van der Waals surface area contributed by atoms with Gasteiger partial charge in [-0.25, -0.2) is 8.42 Å². The van der Waals surface area contributed by atoms with E-state index in [-0.39, 0.29) is 11.8 Å². The van der Waals surface area contributed by atoms with Crippen LogP contribution in [0.2, 0.25) is 0 Å². The van der Waals surface area contributed by atoms with Crippen LogP contribution in [0, 0.1) is 11.8 Å². The number of rotatable bonds is 6. The number of hydrogen-bond donors (Lipinski definition) is 2. The van der Waals surface area contributed by atoms with E-state index in [9.17, 15) is 13.2 Å². The third-order valence-corrected chi connectivity index (χ3v) is 7.35. The number of nitrogens with zero attached hydrogens (tertiary/aromatic N) is 1. The average molecular weight is 380 g/mol. The Morgan fingerprint density at radius 1 is 1.19 bits per heavy atom. The second-order valence-corrected chi connectivity index (χ2v) is 9.61. The van der Waals surface area contributed by atoms with Gasteiger partial charge in [0.25, 0.3) is 0 Å². The van der Waals surface area contributed by atoms with Crippen LogP contribution in [-0.2, 0) is 14.8 Å². The molecular weight excluding hydrogens is 350 g/mol. The molecule has 3 rings (SSSR count). The summed E-state index contributed by atoms with van der Waals surface area (Å²) in [5.74, 6) is 0.887. The average Bonchev–Trinajstić information content (AvgIpc) is 2.60. The van der Waals surface area contributed by atoms with Gasteiger partial charge in [0.15, 0.2) is 0 Å². The molecule has 2 saturated heterocycles. The fraction of sp³-hybridized carbons (Fsp3) is 0.632. The number of piperidine rings is 1. The molecule has 0 spiro atoms. The molecule has 0 aromatic heterocycles. The summed E-state index contributed by atoms with van der Waals surface area (Å²) in [5.41, 5.74) is 1.13. The Balaban J connectivity index is 1.55. The first-order valence-corrected chi connectivity index (χ1v) is 10.9. The second kappa shape index (κ2) is 8.06. The van der Waals surface area contributed by atoms with Gasteiger partial charge in [0.1, 0.15) is 0 Å². The lowest BCUT2D eigenvalue weighted by Crippen LogP contribution is -2.50. The van der Waals surface area contributed by atoms with Crippen LogP contribution in [0.15, 0.2) is 29.2 Å². The third kappa shape index (κ3) is 4.27. The summed E-state index contributed by atoms with van der Waals surface area (Å²) in [6, 6.07) is 7.15. The summed E-state index contributed by atoms with van der Waals surface area (Å²) in [4.78, 5) is 12.6. The zero-order valence-electron chi connectivity index (χ0n) is 15.6. The number of carbonyl (C=O) groups is 1. The zero-order valence-corrected chi connectivity index (χ0v) is 16.4. The number of hydrogen-bond acceptors (Lipinski definition) is 4. The maximum Gasteiger partial charge on any atom is 0.243 e. The molecule has 0 radical (unpaired) electrons. The van der Waals surface area contributed by atoms with Crippen LogP contribution < -0.4 is 10.6 Å². The summed E-state index contributed by atoms with van der Waals surface area (Å²) < 4.78 is 27.2. The van der Waals surface area contributed by atoms with Crippen LogP contribution in [0.25, 0.3) is 0 Å². The molecule has 2 aliphatic heterocycles. The van der Waals surface area contributed by atoms with Crippen LogP contribution in [0.1, 0.15) is 38.2 Å². The van der Waals surface area contributed by atoms with Crippen molar-refractivity contribution in [2.24, 2.45) is 11.8 Å². The Bertz CT molecular complexity index is 719. The molecule has 1 amide bonds. The first-order valence-electron chi connectivity index (χ1n) is 9.46. The molecule has 2 N–H and O–H groups in total. The van der Waals surface area contributed by atoms with Gasteiger partial charge >= 0.3 is 0 Å². The predicted octanol–water partition coefficient (Wildman–Crippen LogP) is 1.55. The molecule has 6 nitrogen and oxygen atoms in total. The lowest BCUT2D eigenvalue weighted by atomic mass is 9.96. The van der Waals surface area contributed by atoms with Crippen LogP contribution in [0.4, 0.5) is 0 Å². The maximum atomic E-state index is 12.8. The zero-order chi connectivity index (χ0) is 18.7. The topological polar surface area (TPSA) is 78.5 Å². The number of nitrogens with one attached hydrogen (secondary N) is 2. The van der Waals surface area contributed by atoms with Crippen LogP contribution in [-0.4, -0.2) is 51.4 Å². The molecule has 2 fully saturated rings. The van der Waals surface area contributed by atoms with E-state index in [0.29, 0.717) is 49.2 Å². The Labute approximate surface area is 156 Å². The largest absolute Gasteiger partial charge is 0.355 e. The highest BCUT2D eigenvalue weighted by molar-refractivity contribution is 7.89. The molecule has 0 saturated carbocycles. The minimum Gasteiger partial charge on any atom is -0.355 e. The molecule has 0 unspecified atom stereocenters. The highest BCUT2D eigenvalue weighted by Crippen LogP contribution is 2.25. The molecule has 2 heterocycles. The Morgan fingerprint density at radius 2 is 1.81 bits per heavy atom. The number of amides is 1. The van der Waals surface area contributed by atoms with Gasteiger partial charge in [0.2, 0.25) is 15.9 Å². The summed E-state index contributed by atoms with van der Waals surface area (Å²) in [6.45, 7) is 7.61. The van der Waals surface area contributed by atoms with Gasteiger partial charge < -0.3 is 10.6 Å². The first-order chi connectivity index (χ1) is 12.4. The molecule has 0 aliphatic carbocycles. The monoisotopic (exact) mass is 379 g/mol. The lowest BCUT2D eigenvalue weighted by Gasteiger charge is -2.32. The predicted molar refractivity (Wildman–Crippen MR) is 101 cm³/mol. The maximum absolute atomic E-state index is 12.8. The van der Waals surface area contributed by atoms with E-state index in [2.05, 4.69) is 24.5 Å². The van der Waals surface area contributed by atoms with Gasteiger partial charge in [-0.05, 0) is 36.5 Å². The highest BCUT2D eigenvalue weighted by atomic mass is 32.2. The van der Waals surface area contributed by atoms with E-state index in [1.807, 2.05) is 12.1 Å². The van der Waals surface area contributed by atoms with Gasteiger partial charge in [-0.15, -0.1) is 0 Å². The Hall–Kier alpha value is -1.44. The molecule has 26 heavy (non-hydrogen) atoms. The van der Waals surface area contributed by atoms with Crippen molar-refractivity contribution < 1.29 is 13.2 Å². The summed E-state index contributed by atoms with van der Waals surface area (Å²) in [5, 5.41) is 6.20. The van der Waals surface area contributed by atoms with Crippen LogP contribution in [0.5, 0.6) is 0 Å². The SMILES string of the molecule is CC(C)c1ccc(S(=O)(=O)N2CCC(C(=O)NCC3CNC3)CC2)cc1. The fourth-order valence-electron chi connectivity index (χ4n) is 3.41. The minimum absolute atomic E-state index is 0.0650. The van der Waals surface area contributed by atoms with Crippen LogP contribution in [0.3, 0.4) is 0 Å². The number of carbonyl (C=O) groups excluding carboxylic acids is 1. The normalized spacial score (nSPS) is 20.1. The smallest absolute Gasteiger partial charge is 0.243 e. The van der Waals surface area contributed by atoms with Gasteiger partial charge in [0.05, 0.1) is 4.90 Å². The number of benzene rings is 1. The fourth-order valence-corrected chi connectivity index (χ4v) is 4.88. The molecule has 0 atom stereocenters. The van der Waals surface area contributed by atoms with Crippen molar-refractivity contribution in [2.45, 2.75) is 37.5 Å². The molecule has 1 aromatic carbocycles. The van der Waals surface area contributed by atoms with Crippen molar-refractivity contribution in [1.82, 2.24) is 14.9 Å². The quantitative estimate of drug-likeness (QED) is 0.786. The van der Waals surface area contributed by atoms with E-state index in [1.165, 1.54) is 4.31 Å². The molecular formula is C19H29N3O3S. The Kier molecular flexibility index (Phi) is 5.99. The van der Waals surface area contributed by atoms with Crippen molar-refractivity contribution in [2.75, 3.05) is 32.7 Å². The van der Waals surface area contributed by atoms with E-state index in [1.54, 1.807) is 12.1 Å². The van der Waals surface area contributed by atoms with Gasteiger partial charge in [-0.1, -0.05) is 26.0 Å². The van der Waals surface area contributed by atoms with Crippen LogP contribution >= 0.6 is 0 Å². The molecule has 2 aliphatic rings. The molecule has 7 heteroatoms. The van der Waals surface area contributed by atoms with Crippen molar-refractivity contribution in [3.63, 3.8) is 0 Å². The van der Waals surface area contributed by atoms with Gasteiger partial charge in [-0.2, -0.15) is 4.31 Å². The van der Waals surface area contributed by atoms with Gasteiger partial charge in [0, 0.05) is 44.6 Å². The summed E-state index contributed by atoms with van der Waals surface area (Å²) >= 11 is 0. The summed E-state index contributed by atoms with van der Waals surface area (Å²) in [7, 11) is -3.48. The minimum atomic E-state index is -3.48. The van der Waals surface area contributed by atoms with Crippen molar-refractivity contribution in [3.05, 3.63) is 29.8 Å². The highest BCUT2D eigenvalue weighted by Gasteiger charge is 2.32. The molecule has 1 aromatic rings. The molecule has 0 bridgehead atoms. The second-order valence-electron chi connectivity index (χ2n) is 7.67. The standard InChI is InChI=1S/C19H29N3O3S/c1-14(2)16-3-5-18(6-4-16)26(24,25)22-9-7-17(8-10-22)19(23)21-13-15-11-20-12-15/h3-6,14-15,17,20H,7-13H2,1-2H3,(H,21,23). The van der Waals surface area contributed by atoms with E-state index >= 15 is 0 Å². The van der Waals surface area contributed by atoms with Gasteiger partial charge in [-0.3, -0.25) is 4.79 Å². The molecule has 144 valence electrons. The van der Waals surface area contributed by atoms with Crippen molar-refractivity contribution in [3.8, 4) is 0 Å². The number of sulfonamides is 1. The summed E-state index contributed by atoms with van der Waals surface area (Å²) in [6.07, 6.45) is 1.16. The lowest BCUT2D eigenvalue weighted by molar-refractivity contribution is -0.126. The third-order valence-electron chi connectivity index (χ3n) is 5.44.